The van der Waals surface area contributed by atoms with E-state index in [2.05, 4.69) is 15.8 Å². The van der Waals surface area contributed by atoms with Gasteiger partial charge in [-0.05, 0) is 35.9 Å². The van der Waals surface area contributed by atoms with E-state index >= 15 is 0 Å². The van der Waals surface area contributed by atoms with Crippen LogP contribution in [0.4, 0.5) is 11.4 Å². The number of nitro groups is 1. The van der Waals surface area contributed by atoms with Crippen molar-refractivity contribution in [1.82, 2.24) is 5.43 Å². The van der Waals surface area contributed by atoms with E-state index in [0.717, 1.165) is 0 Å². The zero-order valence-corrected chi connectivity index (χ0v) is 15.3. The molecule has 0 bridgehead atoms. The van der Waals surface area contributed by atoms with Crippen molar-refractivity contribution in [2.24, 2.45) is 5.10 Å². The van der Waals surface area contributed by atoms with Crippen molar-refractivity contribution < 1.29 is 14.5 Å². The van der Waals surface area contributed by atoms with Gasteiger partial charge in [0.2, 0.25) is 11.8 Å². The van der Waals surface area contributed by atoms with Crippen LogP contribution in [0.15, 0.2) is 47.6 Å². The Hall–Kier alpha value is -2.97. The lowest BCUT2D eigenvalue weighted by molar-refractivity contribution is -0.384. The first-order valence-corrected chi connectivity index (χ1v) is 8.42. The number of carbonyl (C=O) groups excluding carboxylic acids is 2. The summed E-state index contributed by atoms with van der Waals surface area (Å²) in [6.45, 7) is 0. The molecule has 0 saturated carbocycles. The lowest BCUT2D eigenvalue weighted by atomic mass is 10.2. The molecule has 2 amide bonds. The number of amides is 2. The minimum absolute atomic E-state index is 0.0398. The van der Waals surface area contributed by atoms with Crippen molar-refractivity contribution in [3.8, 4) is 0 Å². The van der Waals surface area contributed by atoms with Gasteiger partial charge in [-0.2, -0.15) is 5.10 Å². The maximum atomic E-state index is 11.9. The van der Waals surface area contributed by atoms with E-state index in [9.17, 15) is 19.7 Å². The Morgan fingerprint density at radius 1 is 1.07 bits per heavy atom. The van der Waals surface area contributed by atoms with E-state index < -0.39 is 16.7 Å². The summed E-state index contributed by atoms with van der Waals surface area (Å²) in [6.07, 6.45) is 1.19. The number of carbonyl (C=O) groups is 2. The Morgan fingerprint density at radius 3 is 2.41 bits per heavy atom. The molecule has 8 nitrogen and oxygen atoms in total. The molecular formula is C17H14Cl2N4O4. The molecule has 0 aliphatic heterocycles. The van der Waals surface area contributed by atoms with Crippen LogP contribution in [0.5, 0.6) is 0 Å². The maximum Gasteiger partial charge on any atom is 0.269 e. The molecule has 0 spiro atoms. The normalized spacial score (nSPS) is 10.6. The second-order valence-corrected chi connectivity index (χ2v) is 6.16. The molecule has 10 heteroatoms. The van der Waals surface area contributed by atoms with E-state index in [1.54, 1.807) is 12.1 Å². The minimum Gasteiger partial charge on any atom is -0.325 e. The molecule has 2 aromatic carbocycles. The van der Waals surface area contributed by atoms with Gasteiger partial charge < -0.3 is 5.32 Å². The molecule has 2 rings (SSSR count). The van der Waals surface area contributed by atoms with Gasteiger partial charge in [0.05, 0.1) is 21.8 Å². The Balaban J connectivity index is 1.77. The fraction of sp³-hybridized carbons (Fsp3) is 0.118. The first-order chi connectivity index (χ1) is 12.8. The van der Waals surface area contributed by atoms with Crippen molar-refractivity contribution >= 4 is 52.6 Å². The summed E-state index contributed by atoms with van der Waals surface area (Å²) in [4.78, 5) is 33.6. The van der Waals surface area contributed by atoms with Crippen LogP contribution in [-0.4, -0.2) is 23.0 Å². The largest absolute Gasteiger partial charge is 0.325 e. The van der Waals surface area contributed by atoms with Crippen molar-refractivity contribution in [2.45, 2.75) is 12.8 Å². The zero-order valence-electron chi connectivity index (χ0n) is 13.8. The van der Waals surface area contributed by atoms with Crippen LogP contribution in [0.3, 0.4) is 0 Å². The molecule has 0 radical (unpaired) electrons. The molecule has 0 fully saturated rings. The summed E-state index contributed by atoms with van der Waals surface area (Å²) in [6, 6.07) is 10.3. The van der Waals surface area contributed by atoms with E-state index in [0.29, 0.717) is 21.3 Å². The standard InChI is InChI=1S/C17H14Cl2N4O4/c18-12-3-6-14(19)15(9-12)21-16(24)7-8-17(25)22-20-10-11-1-4-13(5-2-11)23(26)27/h1-6,9-10H,7-8H2,(H,21,24)(H,22,25). The topological polar surface area (TPSA) is 114 Å². The van der Waals surface area contributed by atoms with Crippen molar-refractivity contribution in [3.05, 3.63) is 68.2 Å². The molecule has 140 valence electrons. The van der Waals surface area contributed by atoms with Crippen LogP contribution >= 0.6 is 23.2 Å². The number of hydrazone groups is 1. The summed E-state index contributed by atoms with van der Waals surface area (Å²) < 4.78 is 0. The Bertz CT molecular complexity index is 885. The number of halogens is 2. The average Bonchev–Trinajstić information content (AvgIpc) is 2.63. The van der Waals surface area contributed by atoms with Gasteiger partial charge in [0, 0.05) is 30.0 Å². The van der Waals surface area contributed by atoms with Crippen LogP contribution in [0, 0.1) is 10.1 Å². The first-order valence-electron chi connectivity index (χ1n) is 7.66. The smallest absolute Gasteiger partial charge is 0.269 e. The van der Waals surface area contributed by atoms with Crippen LogP contribution in [-0.2, 0) is 9.59 Å². The number of rotatable bonds is 7. The number of benzene rings is 2. The number of anilines is 1. The highest BCUT2D eigenvalue weighted by Crippen LogP contribution is 2.25. The molecule has 0 aliphatic rings. The van der Waals surface area contributed by atoms with Gasteiger partial charge in [0.15, 0.2) is 0 Å². The van der Waals surface area contributed by atoms with Crippen molar-refractivity contribution in [2.75, 3.05) is 5.32 Å². The monoisotopic (exact) mass is 408 g/mol. The SMILES string of the molecule is O=C(CCC(=O)Nc1cc(Cl)ccc1Cl)NN=Cc1ccc([N+](=O)[O-])cc1. The Morgan fingerprint density at radius 2 is 1.74 bits per heavy atom. The summed E-state index contributed by atoms with van der Waals surface area (Å²) in [5, 5.41) is 17.6. The van der Waals surface area contributed by atoms with Gasteiger partial charge in [-0.25, -0.2) is 5.43 Å². The molecule has 2 N–H and O–H groups in total. The molecule has 0 unspecified atom stereocenters. The highest BCUT2D eigenvalue weighted by atomic mass is 35.5. The number of nitrogens with one attached hydrogen (secondary N) is 2. The van der Waals surface area contributed by atoms with Gasteiger partial charge in [-0.3, -0.25) is 19.7 Å². The fourth-order valence-corrected chi connectivity index (χ4v) is 2.29. The minimum atomic E-state index is -0.510. The second kappa shape index (κ2) is 9.65. The van der Waals surface area contributed by atoms with Crippen LogP contribution in [0.25, 0.3) is 0 Å². The first kappa shape index (κ1) is 20.3. The van der Waals surface area contributed by atoms with E-state index in [4.69, 9.17) is 23.2 Å². The number of nitrogens with zero attached hydrogens (tertiary/aromatic N) is 2. The van der Waals surface area contributed by atoms with Gasteiger partial charge in [0.1, 0.15) is 0 Å². The van der Waals surface area contributed by atoms with Crippen LogP contribution in [0.1, 0.15) is 18.4 Å². The number of nitro benzene ring substituents is 1. The Kier molecular flexibility index (Phi) is 7.27. The maximum absolute atomic E-state index is 11.9. The third-order valence-corrected chi connectivity index (χ3v) is 3.85. The van der Waals surface area contributed by atoms with Gasteiger partial charge >= 0.3 is 0 Å². The summed E-state index contributed by atoms with van der Waals surface area (Å²) in [5.74, 6) is -0.853. The average molecular weight is 409 g/mol. The lowest BCUT2D eigenvalue weighted by Gasteiger charge is -2.07. The number of hydrogen-bond donors (Lipinski definition) is 2. The van der Waals surface area contributed by atoms with Crippen LogP contribution < -0.4 is 10.7 Å². The highest BCUT2D eigenvalue weighted by molar-refractivity contribution is 6.35. The molecular weight excluding hydrogens is 395 g/mol. The van der Waals surface area contributed by atoms with Gasteiger partial charge in [-0.15, -0.1) is 0 Å². The highest BCUT2D eigenvalue weighted by Gasteiger charge is 2.09. The second-order valence-electron chi connectivity index (χ2n) is 5.31. The van der Waals surface area contributed by atoms with Crippen LogP contribution in [0.2, 0.25) is 10.0 Å². The third kappa shape index (κ3) is 6.69. The predicted molar refractivity (Wildman–Crippen MR) is 103 cm³/mol. The lowest BCUT2D eigenvalue weighted by Crippen LogP contribution is -2.20. The predicted octanol–water partition coefficient (Wildman–Crippen LogP) is 3.77. The molecule has 27 heavy (non-hydrogen) atoms. The Labute approximate surface area is 164 Å². The van der Waals surface area contributed by atoms with Gasteiger partial charge in [-0.1, -0.05) is 23.2 Å². The van der Waals surface area contributed by atoms with Gasteiger partial charge in [0.25, 0.3) is 5.69 Å². The van der Waals surface area contributed by atoms with Crippen molar-refractivity contribution in [3.63, 3.8) is 0 Å². The number of non-ortho nitro benzene ring substituents is 1. The number of hydrogen-bond acceptors (Lipinski definition) is 5. The summed E-state index contributed by atoms with van der Waals surface area (Å²) in [5.41, 5.74) is 3.18. The quantitative estimate of drug-likeness (QED) is 0.412. The molecule has 0 atom stereocenters. The summed E-state index contributed by atoms with van der Waals surface area (Å²) >= 11 is 11.8. The van der Waals surface area contributed by atoms with Crippen molar-refractivity contribution in [1.29, 1.82) is 0 Å². The molecule has 2 aromatic rings. The van der Waals surface area contributed by atoms with E-state index in [1.807, 2.05) is 0 Å². The molecule has 0 aromatic heterocycles. The fourth-order valence-electron chi connectivity index (χ4n) is 1.95. The molecule has 0 saturated heterocycles. The molecule has 0 aliphatic carbocycles. The molecule has 0 heterocycles. The zero-order chi connectivity index (χ0) is 19.8. The summed E-state index contributed by atoms with van der Waals surface area (Å²) in [7, 11) is 0. The van der Waals surface area contributed by atoms with E-state index in [1.165, 1.54) is 36.5 Å². The third-order valence-electron chi connectivity index (χ3n) is 3.29. The van der Waals surface area contributed by atoms with E-state index in [-0.39, 0.29) is 18.5 Å².